The van der Waals surface area contributed by atoms with E-state index in [4.69, 9.17) is 0 Å². The molecule has 0 aliphatic rings. The van der Waals surface area contributed by atoms with Crippen molar-refractivity contribution in [2.24, 2.45) is 0 Å². The van der Waals surface area contributed by atoms with Gasteiger partial charge in [0.05, 0.1) is 5.91 Å². The SMILES string of the molecule is CC.[CH2-]C(=O)NC.[CH3-].[W+2]. The van der Waals surface area contributed by atoms with E-state index in [1.165, 1.54) is 7.05 Å². The maximum atomic E-state index is 9.59. The van der Waals surface area contributed by atoms with Crippen LogP contribution in [0.25, 0.3) is 0 Å². The molecule has 0 aromatic heterocycles. The first-order valence-electron chi connectivity index (χ1n) is 2.31. The Morgan fingerprint density at radius 3 is 1.56 bits per heavy atom. The predicted molar refractivity (Wildman–Crippen MR) is 37.2 cm³/mol. The van der Waals surface area contributed by atoms with E-state index < -0.39 is 0 Å². The van der Waals surface area contributed by atoms with Crippen LogP contribution < -0.4 is 5.32 Å². The second kappa shape index (κ2) is 24.4. The zero-order valence-electron chi connectivity index (χ0n) is 6.52. The molecule has 9 heavy (non-hydrogen) atoms. The molecule has 0 aromatic rings. The molecule has 56 valence electrons. The first-order chi connectivity index (χ1) is 3.27. The molecule has 0 saturated heterocycles. The molecule has 3 heteroatoms. The van der Waals surface area contributed by atoms with E-state index in [1.807, 2.05) is 13.8 Å². The number of carbonyl (C=O) groups is 1. The quantitative estimate of drug-likeness (QED) is 0.666. The van der Waals surface area contributed by atoms with Gasteiger partial charge in [0.1, 0.15) is 0 Å². The van der Waals surface area contributed by atoms with E-state index in [1.54, 1.807) is 0 Å². The molecule has 0 aliphatic heterocycles. The van der Waals surface area contributed by atoms with Crippen molar-refractivity contribution in [1.82, 2.24) is 5.32 Å². The van der Waals surface area contributed by atoms with Crippen LogP contribution in [0.2, 0.25) is 0 Å². The van der Waals surface area contributed by atoms with Crippen molar-refractivity contribution < 1.29 is 25.9 Å². The molecule has 1 N–H and O–H groups in total. The molecule has 0 fully saturated rings. The standard InChI is InChI=1S/C3H6NO.C2H6.CH3.W/c1-3(5)4-2;1-2;;/h1H2,2H3,(H,4,5);1-2H3;1H3;/q-1;;-1;+2. The maximum Gasteiger partial charge on any atom is 2.00 e. The summed E-state index contributed by atoms with van der Waals surface area (Å²) in [6.07, 6.45) is 0. The van der Waals surface area contributed by atoms with E-state index in [9.17, 15) is 4.79 Å². The second-order valence-electron chi connectivity index (χ2n) is 0.673. The zero-order valence-corrected chi connectivity index (χ0v) is 9.46. The summed E-state index contributed by atoms with van der Waals surface area (Å²) in [5.74, 6) is -0.245. The van der Waals surface area contributed by atoms with Crippen molar-refractivity contribution in [3.8, 4) is 0 Å². The Labute approximate surface area is 72.7 Å². The third kappa shape index (κ3) is 70.9. The fourth-order valence-corrected chi connectivity index (χ4v) is 0. The topological polar surface area (TPSA) is 29.1 Å². The molecular formula is C6H15NOW. The van der Waals surface area contributed by atoms with Gasteiger partial charge in [0.2, 0.25) is 0 Å². The van der Waals surface area contributed by atoms with Gasteiger partial charge in [-0.15, -0.1) is 0 Å². The molecule has 0 saturated carbocycles. The van der Waals surface area contributed by atoms with Crippen LogP contribution in [-0.2, 0) is 25.9 Å². The third-order valence-corrected chi connectivity index (χ3v) is 0.279. The van der Waals surface area contributed by atoms with Gasteiger partial charge >= 0.3 is 21.1 Å². The van der Waals surface area contributed by atoms with E-state index in [2.05, 4.69) is 12.2 Å². The second-order valence-corrected chi connectivity index (χ2v) is 0.673. The fraction of sp³-hybridized carbons (Fsp3) is 0.500. The van der Waals surface area contributed by atoms with E-state index >= 15 is 0 Å². The van der Waals surface area contributed by atoms with E-state index in [-0.39, 0.29) is 34.4 Å². The minimum Gasteiger partial charge on any atom is -0.384 e. The summed E-state index contributed by atoms with van der Waals surface area (Å²) in [6, 6.07) is 0. The van der Waals surface area contributed by atoms with Crippen LogP contribution in [0, 0.1) is 14.4 Å². The summed E-state index contributed by atoms with van der Waals surface area (Å²) >= 11 is 0. The Morgan fingerprint density at radius 1 is 1.44 bits per heavy atom. The van der Waals surface area contributed by atoms with Crippen LogP contribution in [0.1, 0.15) is 13.8 Å². The number of nitrogens with one attached hydrogen (secondary N) is 1. The van der Waals surface area contributed by atoms with Gasteiger partial charge in [-0.1, -0.05) is 13.8 Å². The molecule has 0 rings (SSSR count). The number of hydrogen-bond acceptors (Lipinski definition) is 1. The van der Waals surface area contributed by atoms with Gasteiger partial charge in [-0.25, -0.2) is 0 Å². The van der Waals surface area contributed by atoms with Gasteiger partial charge in [-0.05, 0) is 0 Å². The number of hydrogen-bond donors (Lipinski definition) is 1. The van der Waals surface area contributed by atoms with Crippen molar-refractivity contribution in [3.63, 3.8) is 0 Å². The Kier molecular flexibility index (Phi) is 62.5. The summed E-state index contributed by atoms with van der Waals surface area (Å²) in [7, 11) is 1.54. The molecular weight excluding hydrogens is 286 g/mol. The molecule has 0 heterocycles. The van der Waals surface area contributed by atoms with Crippen molar-refractivity contribution in [1.29, 1.82) is 0 Å². The Balaban J connectivity index is -0.0000000286. The Bertz CT molecular complexity index is 48.3. The number of carbonyl (C=O) groups excluding carboxylic acids is 1. The molecule has 0 bridgehead atoms. The molecule has 1 amide bonds. The molecule has 0 aromatic carbocycles. The van der Waals surface area contributed by atoms with E-state index in [0.29, 0.717) is 0 Å². The van der Waals surface area contributed by atoms with Gasteiger partial charge in [-0.3, -0.25) is 0 Å². The summed E-state index contributed by atoms with van der Waals surface area (Å²) in [4.78, 5) is 9.59. The third-order valence-electron chi connectivity index (χ3n) is 0.279. The smallest absolute Gasteiger partial charge is 0.384 e. The van der Waals surface area contributed by atoms with Crippen LogP contribution in [0.5, 0.6) is 0 Å². The van der Waals surface area contributed by atoms with Gasteiger partial charge < -0.3 is 24.5 Å². The first-order valence-corrected chi connectivity index (χ1v) is 2.31. The minimum absolute atomic E-state index is 0. The largest absolute Gasteiger partial charge is 2.00 e. The van der Waals surface area contributed by atoms with Gasteiger partial charge in [-0.2, -0.15) is 0 Å². The number of amides is 1. The molecule has 0 atom stereocenters. The average molecular weight is 301 g/mol. The molecule has 0 spiro atoms. The van der Waals surface area contributed by atoms with Crippen LogP contribution in [0.3, 0.4) is 0 Å². The number of rotatable bonds is 0. The van der Waals surface area contributed by atoms with Gasteiger partial charge in [0.15, 0.2) is 0 Å². The van der Waals surface area contributed by atoms with Gasteiger partial charge in [0.25, 0.3) is 0 Å². The zero-order chi connectivity index (χ0) is 6.28. The monoisotopic (exact) mass is 301 g/mol. The normalized spacial score (nSPS) is 4.33. The summed E-state index contributed by atoms with van der Waals surface area (Å²) in [5.41, 5.74) is 0. The van der Waals surface area contributed by atoms with Crippen LogP contribution >= 0.6 is 0 Å². The van der Waals surface area contributed by atoms with Crippen LogP contribution in [0.15, 0.2) is 0 Å². The van der Waals surface area contributed by atoms with Crippen molar-refractivity contribution in [2.45, 2.75) is 13.8 Å². The van der Waals surface area contributed by atoms with Crippen molar-refractivity contribution >= 4 is 5.91 Å². The van der Waals surface area contributed by atoms with Crippen molar-refractivity contribution in [2.75, 3.05) is 7.05 Å². The summed E-state index contributed by atoms with van der Waals surface area (Å²) in [5, 5.41) is 2.28. The molecule has 0 aliphatic carbocycles. The van der Waals surface area contributed by atoms with Crippen LogP contribution in [-0.4, -0.2) is 13.0 Å². The molecule has 0 unspecified atom stereocenters. The maximum absolute atomic E-state index is 9.59. The fourth-order valence-electron chi connectivity index (χ4n) is 0. The molecule has 0 radical (unpaired) electrons. The minimum atomic E-state index is -0.245. The first kappa shape index (κ1) is 23.0. The Morgan fingerprint density at radius 2 is 1.56 bits per heavy atom. The summed E-state index contributed by atoms with van der Waals surface area (Å²) in [6.45, 7) is 7.01. The average Bonchev–Trinajstić information content (AvgIpc) is 1.73. The summed E-state index contributed by atoms with van der Waals surface area (Å²) < 4.78 is 0. The van der Waals surface area contributed by atoms with E-state index in [0.717, 1.165) is 0 Å². The predicted octanol–water partition coefficient (Wildman–Crippen LogP) is 1.04. The Hall–Kier alpha value is 0.0283. The van der Waals surface area contributed by atoms with Crippen LogP contribution in [0.4, 0.5) is 0 Å². The van der Waals surface area contributed by atoms with Gasteiger partial charge in [0, 0.05) is 7.05 Å². The van der Waals surface area contributed by atoms with Crippen molar-refractivity contribution in [3.05, 3.63) is 14.4 Å². The molecule has 2 nitrogen and oxygen atoms in total.